The molecule has 100 valence electrons. The summed E-state index contributed by atoms with van der Waals surface area (Å²) in [4.78, 5) is 0. The van der Waals surface area contributed by atoms with Crippen molar-refractivity contribution in [1.29, 1.82) is 5.26 Å². The molecule has 1 N–H and O–H groups in total. The Morgan fingerprint density at radius 2 is 1.76 bits per heavy atom. The second-order valence-electron chi connectivity index (χ2n) is 3.64. The molecule has 5 heteroatoms. The summed E-state index contributed by atoms with van der Waals surface area (Å²) in [6.07, 6.45) is 1.75. The van der Waals surface area contributed by atoms with Gasteiger partial charge in [-0.15, -0.1) is 0 Å². The first-order valence-electron chi connectivity index (χ1n) is 6.12. The summed E-state index contributed by atoms with van der Waals surface area (Å²) in [7, 11) is 1.64. The number of nitrogens with zero attached hydrogens (tertiary/aromatic N) is 1. The fourth-order valence-corrected chi connectivity index (χ4v) is 1.20. The Morgan fingerprint density at radius 1 is 1.12 bits per heavy atom. The Kier molecular flexibility index (Phi) is 12.9. The molecule has 0 radical (unpaired) electrons. The number of ether oxygens (including phenoxy) is 3. The van der Waals surface area contributed by atoms with E-state index in [4.69, 9.17) is 19.5 Å². The summed E-state index contributed by atoms with van der Waals surface area (Å²) in [6.45, 7) is 5.88. The van der Waals surface area contributed by atoms with Gasteiger partial charge in [-0.3, -0.25) is 0 Å². The number of hydrogen-bond acceptors (Lipinski definition) is 5. The third-order valence-corrected chi connectivity index (χ3v) is 2.15. The number of nitrogens with one attached hydrogen (secondary N) is 1. The van der Waals surface area contributed by atoms with Crippen LogP contribution in [0.1, 0.15) is 19.8 Å². The number of nitriles is 1. The highest BCUT2D eigenvalue weighted by Gasteiger charge is 2.04. The number of rotatable bonds is 12. The van der Waals surface area contributed by atoms with Gasteiger partial charge in [-0.2, -0.15) is 5.26 Å². The van der Waals surface area contributed by atoms with E-state index in [1.54, 1.807) is 7.11 Å². The largest absolute Gasteiger partial charge is 0.382 e. The highest BCUT2D eigenvalue weighted by Crippen LogP contribution is 1.92. The van der Waals surface area contributed by atoms with Gasteiger partial charge in [0.2, 0.25) is 0 Å². The summed E-state index contributed by atoms with van der Waals surface area (Å²) in [5, 5.41) is 12.0. The van der Waals surface area contributed by atoms with Crippen molar-refractivity contribution >= 4 is 0 Å². The Bertz CT molecular complexity index is 195. The van der Waals surface area contributed by atoms with Crippen LogP contribution in [0.15, 0.2) is 0 Å². The average Bonchev–Trinajstić information content (AvgIpc) is 2.36. The van der Waals surface area contributed by atoms with Gasteiger partial charge in [0.1, 0.15) is 0 Å². The molecule has 0 saturated carbocycles. The van der Waals surface area contributed by atoms with E-state index >= 15 is 0 Å². The van der Waals surface area contributed by atoms with Crippen molar-refractivity contribution < 1.29 is 14.2 Å². The first kappa shape index (κ1) is 16.3. The molecule has 0 heterocycles. The summed E-state index contributed by atoms with van der Waals surface area (Å²) in [6, 6.07) is 2.11. The van der Waals surface area contributed by atoms with Gasteiger partial charge in [-0.05, 0) is 19.4 Å². The fourth-order valence-electron chi connectivity index (χ4n) is 1.20. The van der Waals surface area contributed by atoms with Crippen LogP contribution in [0.25, 0.3) is 0 Å². The molecule has 5 nitrogen and oxygen atoms in total. The standard InChI is InChI=1S/C12H24N2O3/c1-3-5-14-12(11-13)4-6-16-9-10-17-8-7-15-2/h12,14H,3-10H2,1-2H3. The summed E-state index contributed by atoms with van der Waals surface area (Å²) in [5.41, 5.74) is 0. The van der Waals surface area contributed by atoms with E-state index in [1.807, 2.05) is 0 Å². The van der Waals surface area contributed by atoms with Crippen molar-refractivity contribution in [2.75, 3.05) is 46.7 Å². The quantitative estimate of drug-likeness (QED) is 0.518. The lowest BCUT2D eigenvalue weighted by Gasteiger charge is -2.10. The van der Waals surface area contributed by atoms with Crippen molar-refractivity contribution in [3.05, 3.63) is 0 Å². The van der Waals surface area contributed by atoms with Crippen molar-refractivity contribution in [3.8, 4) is 6.07 Å². The van der Waals surface area contributed by atoms with E-state index in [-0.39, 0.29) is 6.04 Å². The van der Waals surface area contributed by atoms with E-state index in [0.717, 1.165) is 13.0 Å². The molecule has 0 amide bonds. The maximum absolute atomic E-state index is 8.85. The predicted molar refractivity (Wildman–Crippen MR) is 65.8 cm³/mol. The predicted octanol–water partition coefficient (Wildman–Crippen LogP) is 0.948. The molecule has 1 atom stereocenters. The Labute approximate surface area is 104 Å². The maximum atomic E-state index is 8.85. The summed E-state index contributed by atoms with van der Waals surface area (Å²) >= 11 is 0. The third kappa shape index (κ3) is 11.6. The van der Waals surface area contributed by atoms with E-state index in [9.17, 15) is 0 Å². The molecule has 0 spiro atoms. The van der Waals surface area contributed by atoms with Crippen LogP contribution >= 0.6 is 0 Å². The van der Waals surface area contributed by atoms with Crippen LogP contribution in [0.5, 0.6) is 0 Å². The minimum Gasteiger partial charge on any atom is -0.382 e. The zero-order chi connectivity index (χ0) is 12.8. The minimum atomic E-state index is -0.107. The zero-order valence-corrected chi connectivity index (χ0v) is 10.9. The Balaban J connectivity index is 3.22. The van der Waals surface area contributed by atoms with Gasteiger partial charge in [0.25, 0.3) is 0 Å². The lowest BCUT2D eigenvalue weighted by atomic mass is 10.2. The van der Waals surface area contributed by atoms with Crippen molar-refractivity contribution in [1.82, 2.24) is 5.32 Å². The van der Waals surface area contributed by atoms with Crippen LogP contribution in [0.3, 0.4) is 0 Å². The summed E-state index contributed by atoms with van der Waals surface area (Å²) < 4.78 is 15.5. The molecule has 0 saturated heterocycles. The van der Waals surface area contributed by atoms with Gasteiger partial charge in [0.05, 0.1) is 38.5 Å². The highest BCUT2D eigenvalue weighted by atomic mass is 16.5. The highest BCUT2D eigenvalue weighted by molar-refractivity contribution is 4.89. The minimum absolute atomic E-state index is 0.107. The first-order valence-corrected chi connectivity index (χ1v) is 6.12. The zero-order valence-electron chi connectivity index (χ0n) is 10.9. The van der Waals surface area contributed by atoms with Crippen LogP contribution in [-0.4, -0.2) is 52.7 Å². The molecular formula is C12H24N2O3. The number of hydrogen-bond donors (Lipinski definition) is 1. The van der Waals surface area contributed by atoms with Gasteiger partial charge in [-0.1, -0.05) is 6.92 Å². The molecule has 0 aromatic heterocycles. The van der Waals surface area contributed by atoms with Gasteiger partial charge >= 0.3 is 0 Å². The first-order chi connectivity index (χ1) is 8.35. The van der Waals surface area contributed by atoms with Crippen LogP contribution in [0.2, 0.25) is 0 Å². The second kappa shape index (κ2) is 13.4. The molecule has 0 aliphatic carbocycles. The Hall–Kier alpha value is -0.670. The molecule has 0 rings (SSSR count). The van der Waals surface area contributed by atoms with E-state index in [1.165, 1.54) is 0 Å². The van der Waals surface area contributed by atoms with Crippen molar-refractivity contribution in [2.45, 2.75) is 25.8 Å². The molecule has 0 aliphatic heterocycles. The number of methoxy groups -OCH3 is 1. The molecule has 0 aromatic rings. The van der Waals surface area contributed by atoms with Crippen molar-refractivity contribution in [2.24, 2.45) is 0 Å². The molecule has 0 fully saturated rings. The molecule has 17 heavy (non-hydrogen) atoms. The second-order valence-corrected chi connectivity index (χ2v) is 3.64. The maximum Gasteiger partial charge on any atom is 0.0975 e. The van der Waals surface area contributed by atoms with Crippen LogP contribution in [0, 0.1) is 11.3 Å². The smallest absolute Gasteiger partial charge is 0.0975 e. The van der Waals surface area contributed by atoms with E-state index in [0.29, 0.717) is 39.5 Å². The fraction of sp³-hybridized carbons (Fsp3) is 0.917. The van der Waals surface area contributed by atoms with Gasteiger partial charge in [0, 0.05) is 13.7 Å². The van der Waals surface area contributed by atoms with Gasteiger partial charge in [0.15, 0.2) is 0 Å². The molecule has 0 aromatic carbocycles. The van der Waals surface area contributed by atoms with Crippen LogP contribution < -0.4 is 5.32 Å². The van der Waals surface area contributed by atoms with E-state index in [2.05, 4.69) is 18.3 Å². The van der Waals surface area contributed by atoms with Crippen LogP contribution in [-0.2, 0) is 14.2 Å². The summed E-state index contributed by atoms with van der Waals surface area (Å²) in [5.74, 6) is 0. The monoisotopic (exact) mass is 244 g/mol. The normalized spacial score (nSPS) is 12.3. The topological polar surface area (TPSA) is 63.5 Å². The SMILES string of the molecule is CCCNC(C#N)CCOCCOCCOC. The Morgan fingerprint density at radius 3 is 2.35 bits per heavy atom. The average molecular weight is 244 g/mol. The van der Waals surface area contributed by atoms with E-state index < -0.39 is 0 Å². The third-order valence-electron chi connectivity index (χ3n) is 2.15. The van der Waals surface area contributed by atoms with Gasteiger partial charge in [-0.25, -0.2) is 0 Å². The molecule has 0 aliphatic rings. The molecule has 1 unspecified atom stereocenters. The molecule has 0 bridgehead atoms. The van der Waals surface area contributed by atoms with Crippen molar-refractivity contribution in [3.63, 3.8) is 0 Å². The lowest BCUT2D eigenvalue weighted by Crippen LogP contribution is -2.29. The lowest BCUT2D eigenvalue weighted by molar-refractivity contribution is 0.0236. The molecular weight excluding hydrogens is 220 g/mol. The van der Waals surface area contributed by atoms with Gasteiger partial charge < -0.3 is 19.5 Å². The van der Waals surface area contributed by atoms with Crippen LogP contribution in [0.4, 0.5) is 0 Å².